The fourth-order valence-electron chi connectivity index (χ4n) is 2.64. The number of carbonyl (C=O) groups excluding carboxylic acids is 2. The van der Waals surface area contributed by atoms with Crippen LogP contribution in [0.2, 0.25) is 0 Å². The van der Waals surface area contributed by atoms with E-state index in [1.54, 1.807) is 24.3 Å². The molecular formula is C20H22N3O4-. The first-order valence-electron chi connectivity index (χ1n) is 8.41. The first kappa shape index (κ1) is 20.0. The predicted octanol–water partition coefficient (Wildman–Crippen LogP) is 1.30. The van der Waals surface area contributed by atoms with Crippen molar-refractivity contribution in [2.75, 3.05) is 18.5 Å². The molecule has 0 radical (unpaired) electrons. The molecule has 0 aromatic heterocycles. The van der Waals surface area contributed by atoms with Gasteiger partial charge < -0.3 is 20.0 Å². The molecule has 142 valence electrons. The van der Waals surface area contributed by atoms with Crippen LogP contribution in [0.1, 0.15) is 22.3 Å². The van der Waals surface area contributed by atoms with Crippen LogP contribution in [0, 0.1) is 20.8 Å². The number of anilines is 1. The number of hydrazone groups is 1. The van der Waals surface area contributed by atoms with E-state index in [4.69, 9.17) is 4.74 Å². The summed E-state index contributed by atoms with van der Waals surface area (Å²) in [4.78, 5) is 22.3. The molecule has 0 aliphatic rings. The van der Waals surface area contributed by atoms with Crippen LogP contribution < -0.4 is 20.6 Å². The van der Waals surface area contributed by atoms with Crippen molar-refractivity contribution in [3.63, 3.8) is 0 Å². The van der Waals surface area contributed by atoms with Crippen LogP contribution in [0.15, 0.2) is 41.5 Å². The van der Waals surface area contributed by atoms with Crippen LogP contribution in [0.3, 0.4) is 0 Å². The van der Waals surface area contributed by atoms with Gasteiger partial charge in [-0.05, 0) is 61.7 Å². The molecule has 0 unspecified atom stereocenters. The average molecular weight is 368 g/mol. The molecule has 7 nitrogen and oxygen atoms in total. The van der Waals surface area contributed by atoms with E-state index in [1.165, 1.54) is 11.8 Å². The molecular weight excluding hydrogens is 346 g/mol. The molecule has 7 heteroatoms. The molecule has 0 spiro atoms. The Morgan fingerprint density at radius 3 is 2.33 bits per heavy atom. The second-order valence-electron chi connectivity index (χ2n) is 6.15. The van der Waals surface area contributed by atoms with Crippen LogP contribution in [-0.4, -0.2) is 31.2 Å². The highest BCUT2D eigenvalue weighted by molar-refractivity contribution is 5.84. The third kappa shape index (κ3) is 6.47. The van der Waals surface area contributed by atoms with Gasteiger partial charge in [-0.1, -0.05) is 17.7 Å². The Hall–Kier alpha value is -3.35. The summed E-state index contributed by atoms with van der Waals surface area (Å²) in [5, 5.41) is 17.4. The fourth-order valence-corrected chi connectivity index (χ4v) is 2.64. The predicted molar refractivity (Wildman–Crippen MR) is 102 cm³/mol. The van der Waals surface area contributed by atoms with Gasteiger partial charge in [0.05, 0.1) is 18.7 Å². The molecule has 0 aliphatic carbocycles. The average Bonchev–Trinajstić information content (AvgIpc) is 2.60. The Morgan fingerprint density at radius 1 is 1.11 bits per heavy atom. The molecule has 2 rings (SSSR count). The Bertz CT molecular complexity index is 822. The summed E-state index contributed by atoms with van der Waals surface area (Å²) >= 11 is 0. The smallest absolute Gasteiger partial charge is 0.259 e. The second kappa shape index (κ2) is 9.38. The normalized spacial score (nSPS) is 10.6. The summed E-state index contributed by atoms with van der Waals surface area (Å²) in [6.45, 7) is 5.64. The van der Waals surface area contributed by atoms with E-state index in [9.17, 15) is 14.7 Å². The van der Waals surface area contributed by atoms with Gasteiger partial charge in [0.15, 0.2) is 0 Å². The number of benzene rings is 2. The lowest BCUT2D eigenvalue weighted by atomic mass is 10.1. The third-order valence-corrected chi connectivity index (χ3v) is 3.74. The number of ether oxygens (including phenoxy) is 1. The first-order valence-corrected chi connectivity index (χ1v) is 8.41. The van der Waals surface area contributed by atoms with E-state index in [2.05, 4.69) is 28.0 Å². The summed E-state index contributed by atoms with van der Waals surface area (Å²) in [6.07, 6.45) is 1.49. The van der Waals surface area contributed by atoms with Crippen molar-refractivity contribution >= 4 is 23.8 Å². The summed E-state index contributed by atoms with van der Waals surface area (Å²) in [5.41, 5.74) is 7.50. The Balaban J connectivity index is 1.82. The molecule has 0 fully saturated rings. The lowest BCUT2D eigenvalue weighted by molar-refractivity contribution is -0.307. The minimum Gasteiger partial charge on any atom is -0.546 e. The van der Waals surface area contributed by atoms with Crippen molar-refractivity contribution in [2.24, 2.45) is 5.10 Å². The maximum absolute atomic E-state index is 11.9. The molecule has 0 atom stereocenters. The quantitative estimate of drug-likeness (QED) is 0.540. The number of nitrogens with zero attached hydrogens (tertiary/aromatic N) is 1. The fraction of sp³-hybridized carbons (Fsp3) is 0.250. The van der Waals surface area contributed by atoms with Crippen molar-refractivity contribution in [2.45, 2.75) is 20.8 Å². The van der Waals surface area contributed by atoms with Crippen LogP contribution >= 0.6 is 0 Å². The van der Waals surface area contributed by atoms with E-state index in [-0.39, 0.29) is 12.5 Å². The molecule has 2 N–H and O–H groups in total. The van der Waals surface area contributed by atoms with Crippen LogP contribution in [0.4, 0.5) is 5.69 Å². The van der Waals surface area contributed by atoms with Crippen molar-refractivity contribution in [3.8, 4) is 5.75 Å². The SMILES string of the molecule is Cc1cc(C)c(NCC(=O)N/N=C\c2ccc(OCC(=O)[O-])cc2)c(C)c1. The highest BCUT2D eigenvalue weighted by atomic mass is 16.5. The largest absolute Gasteiger partial charge is 0.546 e. The number of aliphatic carboxylic acids is 1. The van der Waals surface area contributed by atoms with E-state index in [1.807, 2.05) is 20.8 Å². The van der Waals surface area contributed by atoms with Gasteiger partial charge in [0.25, 0.3) is 5.91 Å². The minimum atomic E-state index is -1.28. The zero-order valence-electron chi connectivity index (χ0n) is 15.5. The van der Waals surface area contributed by atoms with Crippen molar-refractivity contribution in [3.05, 3.63) is 58.7 Å². The van der Waals surface area contributed by atoms with E-state index in [0.717, 1.165) is 22.4 Å². The topological polar surface area (TPSA) is 103 Å². The number of nitrogens with one attached hydrogen (secondary N) is 2. The number of carbonyl (C=O) groups is 2. The zero-order chi connectivity index (χ0) is 19.8. The Morgan fingerprint density at radius 2 is 1.74 bits per heavy atom. The van der Waals surface area contributed by atoms with Gasteiger partial charge in [-0.25, -0.2) is 5.43 Å². The van der Waals surface area contributed by atoms with Crippen molar-refractivity contribution < 1.29 is 19.4 Å². The molecule has 0 aliphatic heterocycles. The summed E-state index contributed by atoms with van der Waals surface area (Å²) in [5.74, 6) is -1.14. The number of carboxylic acid groups (broad SMARTS) is 1. The van der Waals surface area contributed by atoms with Crippen LogP contribution in [-0.2, 0) is 9.59 Å². The van der Waals surface area contributed by atoms with E-state index in [0.29, 0.717) is 5.75 Å². The standard InChI is InChI=1S/C20H23N3O4/c1-13-8-14(2)20(15(3)9-13)21-11-18(24)23-22-10-16-4-6-17(7-5-16)27-12-19(25)26/h4-10,21H,11-12H2,1-3H3,(H,23,24)(H,25,26)/p-1/b22-10-. The monoisotopic (exact) mass is 368 g/mol. The number of hydrogen-bond acceptors (Lipinski definition) is 6. The summed E-state index contributed by atoms with van der Waals surface area (Å²) < 4.78 is 4.98. The van der Waals surface area contributed by atoms with Crippen LogP contribution in [0.25, 0.3) is 0 Å². The number of amides is 1. The lowest BCUT2D eigenvalue weighted by Crippen LogP contribution is -2.28. The summed E-state index contributed by atoms with van der Waals surface area (Å²) in [6, 6.07) is 10.7. The van der Waals surface area contributed by atoms with Crippen molar-refractivity contribution in [1.82, 2.24) is 5.43 Å². The van der Waals surface area contributed by atoms with Gasteiger partial charge in [-0.15, -0.1) is 0 Å². The van der Waals surface area contributed by atoms with Gasteiger partial charge in [0.1, 0.15) is 12.4 Å². The maximum atomic E-state index is 11.9. The first-order chi connectivity index (χ1) is 12.8. The molecule has 1 amide bonds. The second-order valence-corrected chi connectivity index (χ2v) is 6.15. The van der Waals surface area contributed by atoms with Gasteiger partial charge >= 0.3 is 0 Å². The number of rotatable bonds is 8. The maximum Gasteiger partial charge on any atom is 0.259 e. The highest BCUT2D eigenvalue weighted by Crippen LogP contribution is 2.21. The number of carboxylic acids is 1. The third-order valence-electron chi connectivity index (χ3n) is 3.74. The van der Waals surface area contributed by atoms with Crippen LogP contribution in [0.5, 0.6) is 5.75 Å². The van der Waals surface area contributed by atoms with Gasteiger partial charge in [-0.2, -0.15) is 5.10 Å². The lowest BCUT2D eigenvalue weighted by Gasteiger charge is -2.13. The Kier molecular flexibility index (Phi) is 6.93. The molecule has 0 bridgehead atoms. The molecule has 0 saturated carbocycles. The minimum absolute atomic E-state index is 0.109. The Labute approximate surface area is 158 Å². The van der Waals surface area contributed by atoms with E-state index < -0.39 is 12.6 Å². The molecule has 2 aromatic rings. The van der Waals surface area contributed by atoms with E-state index >= 15 is 0 Å². The summed E-state index contributed by atoms with van der Waals surface area (Å²) in [7, 11) is 0. The van der Waals surface area contributed by atoms with Gasteiger partial charge in [0, 0.05) is 5.69 Å². The molecule has 0 heterocycles. The molecule has 27 heavy (non-hydrogen) atoms. The van der Waals surface area contributed by atoms with Gasteiger partial charge in [0.2, 0.25) is 0 Å². The highest BCUT2D eigenvalue weighted by Gasteiger charge is 2.05. The number of hydrogen-bond donors (Lipinski definition) is 2. The van der Waals surface area contributed by atoms with Gasteiger partial charge in [-0.3, -0.25) is 4.79 Å². The number of aryl methyl sites for hydroxylation is 3. The zero-order valence-corrected chi connectivity index (χ0v) is 15.5. The molecule has 2 aromatic carbocycles. The van der Waals surface area contributed by atoms with Crippen molar-refractivity contribution in [1.29, 1.82) is 0 Å². The molecule has 0 saturated heterocycles.